The first kappa shape index (κ1) is 24.9. The lowest BCUT2D eigenvalue weighted by molar-refractivity contribution is -0.153. The molecule has 0 atom stereocenters. The number of hydrogen-bond acceptors (Lipinski definition) is 4. The van der Waals surface area contributed by atoms with Crippen LogP contribution in [-0.4, -0.2) is 25.0 Å². The van der Waals surface area contributed by atoms with Gasteiger partial charge in [0.2, 0.25) is 0 Å². The minimum atomic E-state index is -0.514. The van der Waals surface area contributed by atoms with Crippen LogP contribution in [0.3, 0.4) is 0 Å². The van der Waals surface area contributed by atoms with Crippen molar-refractivity contribution in [1.82, 2.24) is 0 Å². The maximum absolute atomic E-state index is 12.3. The van der Waals surface area contributed by atoms with Gasteiger partial charge in [-0.05, 0) is 70.0 Å². The monoisotopic (exact) mass is 432 g/mol. The van der Waals surface area contributed by atoms with E-state index in [1.165, 1.54) is 11.1 Å². The van der Waals surface area contributed by atoms with Crippen LogP contribution in [0.4, 0.5) is 0 Å². The number of esters is 1. The third-order valence-electron chi connectivity index (χ3n) is 4.78. The van der Waals surface area contributed by atoms with Gasteiger partial charge in [-0.2, -0.15) is 0 Å². The first-order chi connectivity index (χ1) is 15.2. The Balaban J connectivity index is 0.000000380. The maximum atomic E-state index is 12.3. The van der Waals surface area contributed by atoms with Gasteiger partial charge in [-0.25, -0.2) is 0 Å². The first-order valence-electron chi connectivity index (χ1n) is 10.7. The van der Waals surface area contributed by atoms with E-state index >= 15 is 0 Å². The topological polar surface area (TPSA) is 52.6 Å². The Morgan fingerprint density at radius 3 is 1.69 bits per heavy atom. The minimum absolute atomic E-state index is 0.0266. The predicted molar refractivity (Wildman–Crippen MR) is 128 cm³/mol. The molecule has 0 spiro atoms. The third kappa shape index (κ3) is 8.03. The highest BCUT2D eigenvalue weighted by Crippen LogP contribution is 2.17. The van der Waals surface area contributed by atoms with Gasteiger partial charge in [0.25, 0.3) is 0 Å². The van der Waals surface area contributed by atoms with Gasteiger partial charge >= 0.3 is 5.97 Å². The van der Waals surface area contributed by atoms with Crippen molar-refractivity contribution in [1.29, 1.82) is 0 Å². The van der Waals surface area contributed by atoms with Gasteiger partial charge in [-0.1, -0.05) is 54.6 Å². The van der Waals surface area contributed by atoms with Crippen LogP contribution < -0.4 is 4.74 Å². The molecule has 0 radical (unpaired) electrons. The Labute approximate surface area is 191 Å². The van der Waals surface area contributed by atoms with Gasteiger partial charge in [0.1, 0.15) is 19.0 Å². The summed E-state index contributed by atoms with van der Waals surface area (Å²) < 4.78 is 10.7. The molecule has 0 unspecified atom stereocenters. The normalized spacial score (nSPS) is 10.5. The second kappa shape index (κ2) is 11.8. The number of carbonyl (C=O) groups excluding carboxylic acids is 2. The van der Waals surface area contributed by atoms with Crippen LogP contribution in [0.25, 0.3) is 0 Å². The van der Waals surface area contributed by atoms with E-state index in [-0.39, 0.29) is 25.0 Å². The average Bonchev–Trinajstić information content (AvgIpc) is 2.79. The van der Waals surface area contributed by atoms with Crippen molar-refractivity contribution in [2.45, 2.75) is 34.6 Å². The Morgan fingerprint density at radius 2 is 1.19 bits per heavy atom. The molecule has 0 aliphatic rings. The summed E-state index contributed by atoms with van der Waals surface area (Å²) in [4.78, 5) is 23.9. The lowest BCUT2D eigenvalue weighted by Crippen LogP contribution is -2.24. The molecule has 0 fully saturated rings. The molecule has 0 aliphatic carbocycles. The van der Waals surface area contributed by atoms with Crippen molar-refractivity contribution >= 4 is 11.8 Å². The van der Waals surface area contributed by atoms with Gasteiger partial charge in [0.15, 0.2) is 5.78 Å². The quantitative estimate of drug-likeness (QED) is 0.265. The zero-order valence-electron chi connectivity index (χ0n) is 19.6. The summed E-state index contributed by atoms with van der Waals surface area (Å²) in [5, 5.41) is 0. The van der Waals surface area contributed by atoms with Crippen molar-refractivity contribution < 1.29 is 19.1 Å². The number of hydrogen-bond donors (Lipinski definition) is 0. The molecule has 0 N–H and O–H groups in total. The summed E-state index contributed by atoms with van der Waals surface area (Å²) in [6.07, 6.45) is 0. The van der Waals surface area contributed by atoms with Gasteiger partial charge in [-0.3, -0.25) is 9.59 Å². The van der Waals surface area contributed by atoms with E-state index < -0.39 is 5.41 Å². The van der Waals surface area contributed by atoms with Crippen molar-refractivity contribution in [3.63, 3.8) is 0 Å². The molecule has 4 heteroatoms. The maximum Gasteiger partial charge on any atom is 0.311 e. The lowest BCUT2D eigenvalue weighted by atomic mass is 9.97. The number of carbonyl (C=O) groups is 2. The fourth-order valence-corrected chi connectivity index (χ4v) is 2.63. The fraction of sp³-hybridized carbons (Fsp3) is 0.286. The fourth-order valence-electron chi connectivity index (χ4n) is 2.63. The van der Waals surface area contributed by atoms with E-state index in [1.54, 1.807) is 57.2 Å². The van der Waals surface area contributed by atoms with Crippen molar-refractivity contribution in [3.8, 4) is 5.75 Å². The zero-order valence-corrected chi connectivity index (χ0v) is 19.6. The van der Waals surface area contributed by atoms with Crippen LogP contribution >= 0.6 is 0 Å². The molecule has 3 aromatic rings. The average molecular weight is 433 g/mol. The Morgan fingerprint density at radius 1 is 0.688 bits per heavy atom. The highest BCUT2D eigenvalue weighted by molar-refractivity contribution is 6.08. The van der Waals surface area contributed by atoms with Gasteiger partial charge in [0.05, 0.1) is 5.41 Å². The largest absolute Gasteiger partial charge is 0.490 e. The standard InChI is InChI=1S/C20H22O4.C8H10/c1-20(2,3)19(22)24-14-13-23-17-11-9-16(10-12-17)18(21)15-7-5-4-6-8-15;1-7-5-3-4-6-8(7)2/h4-12H,13-14H2,1-3H3;3-6H,1-2H3. The van der Waals surface area contributed by atoms with Crippen LogP contribution in [0.1, 0.15) is 47.8 Å². The molecule has 4 nitrogen and oxygen atoms in total. The molecule has 0 bridgehead atoms. The Hall–Kier alpha value is -3.40. The van der Waals surface area contributed by atoms with Crippen LogP contribution in [0.15, 0.2) is 78.9 Å². The van der Waals surface area contributed by atoms with E-state index in [9.17, 15) is 9.59 Å². The van der Waals surface area contributed by atoms with Crippen molar-refractivity contribution in [2.24, 2.45) is 5.41 Å². The molecular formula is C28H32O4. The Kier molecular flexibility index (Phi) is 9.21. The summed E-state index contributed by atoms with van der Waals surface area (Å²) in [5.41, 5.74) is 3.48. The van der Waals surface area contributed by atoms with E-state index in [0.29, 0.717) is 16.9 Å². The van der Waals surface area contributed by atoms with E-state index in [2.05, 4.69) is 38.1 Å². The molecule has 0 heterocycles. The second-order valence-corrected chi connectivity index (χ2v) is 8.54. The second-order valence-electron chi connectivity index (χ2n) is 8.54. The molecule has 168 valence electrons. The first-order valence-corrected chi connectivity index (χ1v) is 10.7. The molecule has 32 heavy (non-hydrogen) atoms. The number of aryl methyl sites for hydroxylation is 2. The number of rotatable bonds is 6. The zero-order chi connectivity index (χ0) is 23.6. The summed E-state index contributed by atoms with van der Waals surface area (Å²) in [7, 11) is 0. The van der Waals surface area contributed by atoms with Gasteiger partial charge < -0.3 is 9.47 Å². The van der Waals surface area contributed by atoms with Crippen LogP contribution in [0.2, 0.25) is 0 Å². The number of benzene rings is 3. The van der Waals surface area contributed by atoms with Crippen molar-refractivity contribution in [2.75, 3.05) is 13.2 Å². The van der Waals surface area contributed by atoms with Gasteiger partial charge in [0, 0.05) is 11.1 Å². The van der Waals surface area contributed by atoms with Crippen molar-refractivity contribution in [3.05, 3.63) is 101 Å². The minimum Gasteiger partial charge on any atom is -0.490 e. The summed E-state index contributed by atoms with van der Waals surface area (Å²) in [6, 6.07) is 24.4. The lowest BCUT2D eigenvalue weighted by Gasteiger charge is -2.16. The summed E-state index contributed by atoms with van der Waals surface area (Å²) in [5.74, 6) is 0.350. The third-order valence-corrected chi connectivity index (χ3v) is 4.78. The van der Waals surface area contributed by atoms with Crippen LogP contribution in [0, 0.1) is 19.3 Å². The molecule has 0 aromatic heterocycles. The molecule has 0 aliphatic heterocycles. The summed E-state index contributed by atoms with van der Waals surface area (Å²) in [6.45, 7) is 10.1. The number of ketones is 1. The molecular weight excluding hydrogens is 400 g/mol. The molecule has 0 saturated carbocycles. The van der Waals surface area contributed by atoms with E-state index in [0.717, 1.165) is 0 Å². The smallest absolute Gasteiger partial charge is 0.311 e. The predicted octanol–water partition coefficient (Wildman–Crippen LogP) is 6.19. The molecule has 3 aromatic carbocycles. The van der Waals surface area contributed by atoms with Gasteiger partial charge in [-0.15, -0.1) is 0 Å². The van der Waals surface area contributed by atoms with E-state index in [4.69, 9.17) is 9.47 Å². The molecule has 0 amide bonds. The SMILES string of the molecule is CC(C)(C)C(=O)OCCOc1ccc(C(=O)c2ccccc2)cc1.Cc1ccccc1C. The highest BCUT2D eigenvalue weighted by atomic mass is 16.6. The highest BCUT2D eigenvalue weighted by Gasteiger charge is 2.22. The molecule has 0 saturated heterocycles. The Bertz CT molecular complexity index is 979. The summed E-state index contributed by atoms with van der Waals surface area (Å²) >= 11 is 0. The van der Waals surface area contributed by atoms with E-state index in [1.807, 2.05) is 18.2 Å². The van der Waals surface area contributed by atoms with Crippen LogP contribution in [0.5, 0.6) is 5.75 Å². The number of ether oxygens (including phenoxy) is 2. The van der Waals surface area contributed by atoms with Crippen LogP contribution in [-0.2, 0) is 9.53 Å². The molecule has 3 rings (SSSR count).